The molecule has 3 amide bonds. The standard InChI is InChI=1S/C23H29N5O4/c1-4-15-6-5-7-16(12-15)26-20(29)18-19-21(30)28(17-8-9-17)23(2,13-27(19)14-25-18)22(31)24-10-11-32-3/h5-7,12,14,17H,4,8-11,13H2,1-3H3,(H,24,31)(H,26,29). The maximum atomic E-state index is 13.6. The second kappa shape index (κ2) is 8.74. The molecule has 32 heavy (non-hydrogen) atoms. The van der Waals surface area contributed by atoms with Gasteiger partial charge in [-0.2, -0.15) is 0 Å². The lowest BCUT2D eigenvalue weighted by molar-refractivity contribution is -0.133. The number of rotatable bonds is 8. The lowest BCUT2D eigenvalue weighted by Gasteiger charge is -2.44. The van der Waals surface area contributed by atoms with Gasteiger partial charge in [0.15, 0.2) is 5.69 Å². The van der Waals surface area contributed by atoms with E-state index >= 15 is 0 Å². The van der Waals surface area contributed by atoms with Crippen LogP contribution < -0.4 is 10.6 Å². The van der Waals surface area contributed by atoms with Crippen LogP contribution in [0.1, 0.15) is 53.2 Å². The summed E-state index contributed by atoms with van der Waals surface area (Å²) in [6, 6.07) is 7.56. The molecule has 1 aromatic heterocycles. The fraction of sp³-hybridized carbons (Fsp3) is 0.478. The summed E-state index contributed by atoms with van der Waals surface area (Å²) in [6.07, 6.45) is 4.00. The Labute approximate surface area is 187 Å². The maximum absolute atomic E-state index is 13.6. The number of nitrogens with one attached hydrogen (secondary N) is 2. The second-order valence-corrected chi connectivity index (χ2v) is 8.51. The second-order valence-electron chi connectivity index (χ2n) is 8.51. The van der Waals surface area contributed by atoms with Crippen LogP contribution in [-0.2, 0) is 22.5 Å². The predicted octanol–water partition coefficient (Wildman–Crippen LogP) is 1.84. The molecule has 170 valence electrons. The van der Waals surface area contributed by atoms with Gasteiger partial charge in [0.1, 0.15) is 11.2 Å². The van der Waals surface area contributed by atoms with Crippen LogP contribution in [0, 0.1) is 0 Å². The first-order chi connectivity index (χ1) is 15.4. The van der Waals surface area contributed by atoms with Crippen LogP contribution in [-0.4, -0.2) is 64.0 Å². The van der Waals surface area contributed by atoms with Crippen molar-refractivity contribution in [2.75, 3.05) is 25.6 Å². The smallest absolute Gasteiger partial charge is 0.276 e. The first-order valence-corrected chi connectivity index (χ1v) is 11.0. The number of anilines is 1. The number of benzene rings is 1. The lowest BCUT2D eigenvalue weighted by Crippen LogP contribution is -2.65. The Morgan fingerprint density at radius 2 is 2.09 bits per heavy atom. The van der Waals surface area contributed by atoms with Crippen LogP contribution in [0.25, 0.3) is 0 Å². The summed E-state index contributed by atoms with van der Waals surface area (Å²) in [4.78, 5) is 45.5. The Kier molecular flexibility index (Phi) is 6.01. The highest BCUT2D eigenvalue weighted by Crippen LogP contribution is 2.38. The molecule has 1 aromatic carbocycles. The number of fused-ring (bicyclic) bond motifs is 1. The average Bonchev–Trinajstić information content (AvgIpc) is 3.51. The minimum atomic E-state index is -1.07. The molecule has 9 nitrogen and oxygen atoms in total. The average molecular weight is 440 g/mol. The van der Waals surface area contributed by atoms with Gasteiger partial charge in [0, 0.05) is 25.4 Å². The van der Waals surface area contributed by atoms with E-state index in [0.29, 0.717) is 18.8 Å². The Morgan fingerprint density at radius 1 is 1.31 bits per heavy atom. The van der Waals surface area contributed by atoms with Gasteiger partial charge in [0.05, 0.1) is 19.5 Å². The molecule has 2 N–H and O–H groups in total. The van der Waals surface area contributed by atoms with Crippen molar-refractivity contribution in [3.63, 3.8) is 0 Å². The van der Waals surface area contributed by atoms with E-state index in [2.05, 4.69) is 15.6 Å². The number of ether oxygens (including phenoxy) is 1. The normalized spacial score (nSPS) is 20.1. The summed E-state index contributed by atoms with van der Waals surface area (Å²) in [6.45, 7) is 4.79. The minimum absolute atomic E-state index is 0.0125. The molecule has 1 unspecified atom stereocenters. The number of amides is 3. The van der Waals surface area contributed by atoms with Crippen molar-refractivity contribution in [2.45, 2.75) is 51.2 Å². The molecule has 2 aliphatic rings. The molecule has 2 aromatic rings. The number of methoxy groups -OCH3 is 1. The van der Waals surface area contributed by atoms with Crippen LogP contribution >= 0.6 is 0 Å². The Bertz CT molecular complexity index is 1040. The molecule has 1 fully saturated rings. The van der Waals surface area contributed by atoms with Gasteiger partial charge in [-0.3, -0.25) is 14.4 Å². The fourth-order valence-electron chi connectivity index (χ4n) is 4.24. The van der Waals surface area contributed by atoms with E-state index in [4.69, 9.17) is 4.74 Å². The highest BCUT2D eigenvalue weighted by Gasteiger charge is 2.53. The summed E-state index contributed by atoms with van der Waals surface area (Å²) in [7, 11) is 1.57. The van der Waals surface area contributed by atoms with Gasteiger partial charge >= 0.3 is 0 Å². The van der Waals surface area contributed by atoms with Crippen molar-refractivity contribution in [1.29, 1.82) is 0 Å². The lowest BCUT2D eigenvalue weighted by atomic mass is 9.94. The molecule has 0 bridgehead atoms. The topological polar surface area (TPSA) is 106 Å². The zero-order valence-electron chi connectivity index (χ0n) is 18.7. The molecule has 0 saturated heterocycles. The van der Waals surface area contributed by atoms with Crippen LogP contribution in [0.15, 0.2) is 30.6 Å². The maximum Gasteiger partial charge on any atom is 0.276 e. The molecule has 0 radical (unpaired) electrons. The van der Waals surface area contributed by atoms with E-state index < -0.39 is 11.4 Å². The monoisotopic (exact) mass is 439 g/mol. The quantitative estimate of drug-likeness (QED) is 0.611. The SMILES string of the molecule is CCc1cccc(NC(=O)c2ncn3c2C(=O)N(C2CC2)C(C)(C(=O)NCCOC)C3)c1. The van der Waals surface area contributed by atoms with Crippen molar-refractivity contribution in [2.24, 2.45) is 0 Å². The van der Waals surface area contributed by atoms with Gasteiger partial charge in [-0.05, 0) is 43.9 Å². The highest BCUT2D eigenvalue weighted by molar-refractivity contribution is 6.11. The summed E-state index contributed by atoms with van der Waals surface area (Å²) < 4.78 is 6.63. The van der Waals surface area contributed by atoms with Gasteiger partial charge in [-0.15, -0.1) is 0 Å². The van der Waals surface area contributed by atoms with Gasteiger partial charge in [0.25, 0.3) is 11.8 Å². The largest absolute Gasteiger partial charge is 0.383 e. The Hall–Kier alpha value is -3.20. The number of hydrogen-bond donors (Lipinski definition) is 2. The van der Waals surface area contributed by atoms with Crippen molar-refractivity contribution < 1.29 is 19.1 Å². The number of imidazole rings is 1. The van der Waals surface area contributed by atoms with Gasteiger partial charge in [0.2, 0.25) is 5.91 Å². The molecule has 1 aliphatic heterocycles. The number of hydrogen-bond acceptors (Lipinski definition) is 5. The van der Waals surface area contributed by atoms with E-state index in [1.54, 1.807) is 29.6 Å². The molecule has 2 heterocycles. The van der Waals surface area contributed by atoms with E-state index in [1.165, 1.54) is 6.33 Å². The zero-order valence-corrected chi connectivity index (χ0v) is 18.7. The zero-order chi connectivity index (χ0) is 22.9. The first-order valence-electron chi connectivity index (χ1n) is 11.0. The molecule has 4 rings (SSSR count). The van der Waals surface area contributed by atoms with Crippen LogP contribution in [0.2, 0.25) is 0 Å². The number of aromatic nitrogens is 2. The number of carbonyl (C=O) groups excluding carboxylic acids is 3. The van der Waals surface area contributed by atoms with Crippen LogP contribution in [0.5, 0.6) is 0 Å². The number of carbonyl (C=O) groups is 3. The molecule has 1 saturated carbocycles. The number of nitrogens with zero attached hydrogens (tertiary/aromatic N) is 3. The molecular weight excluding hydrogens is 410 g/mol. The van der Waals surface area contributed by atoms with Crippen molar-refractivity contribution in [3.8, 4) is 0 Å². The van der Waals surface area contributed by atoms with Crippen molar-refractivity contribution in [1.82, 2.24) is 19.8 Å². The van der Waals surface area contributed by atoms with Gasteiger partial charge < -0.3 is 24.8 Å². The third-order valence-electron chi connectivity index (χ3n) is 6.07. The number of aryl methyl sites for hydroxylation is 1. The summed E-state index contributed by atoms with van der Waals surface area (Å²) in [5, 5.41) is 5.71. The van der Waals surface area contributed by atoms with E-state index in [9.17, 15) is 14.4 Å². The van der Waals surface area contributed by atoms with Crippen molar-refractivity contribution >= 4 is 23.4 Å². The third kappa shape index (κ3) is 4.00. The first kappa shape index (κ1) is 22.0. The highest BCUT2D eigenvalue weighted by atomic mass is 16.5. The van der Waals surface area contributed by atoms with Crippen molar-refractivity contribution in [3.05, 3.63) is 47.5 Å². The Morgan fingerprint density at radius 3 is 2.78 bits per heavy atom. The van der Waals surface area contributed by atoms with Gasteiger partial charge in [-0.1, -0.05) is 19.1 Å². The molecule has 1 atom stereocenters. The fourth-order valence-corrected chi connectivity index (χ4v) is 4.24. The summed E-state index contributed by atoms with van der Waals surface area (Å²) in [5.74, 6) is -1.02. The van der Waals surface area contributed by atoms with Crippen LogP contribution in [0.3, 0.4) is 0 Å². The Balaban J connectivity index is 1.61. The molecule has 9 heteroatoms. The van der Waals surface area contributed by atoms with E-state index in [0.717, 1.165) is 24.8 Å². The minimum Gasteiger partial charge on any atom is -0.383 e. The third-order valence-corrected chi connectivity index (χ3v) is 6.07. The molecule has 1 aliphatic carbocycles. The summed E-state index contributed by atoms with van der Waals surface area (Å²) >= 11 is 0. The van der Waals surface area contributed by atoms with E-state index in [1.807, 2.05) is 25.1 Å². The molecule has 0 spiro atoms. The van der Waals surface area contributed by atoms with E-state index in [-0.39, 0.29) is 35.8 Å². The summed E-state index contributed by atoms with van der Waals surface area (Å²) in [5.41, 5.74) is 0.984. The predicted molar refractivity (Wildman–Crippen MR) is 118 cm³/mol. The molecular formula is C23H29N5O4. The van der Waals surface area contributed by atoms with Gasteiger partial charge in [-0.25, -0.2) is 4.98 Å². The van der Waals surface area contributed by atoms with Crippen LogP contribution in [0.4, 0.5) is 5.69 Å².